The van der Waals surface area contributed by atoms with Gasteiger partial charge in [-0.1, -0.05) is 38.1 Å². The molecule has 3 nitrogen and oxygen atoms in total. The standard InChI is InChI=1S/C18H20ClNO2/c1-12-7-8-13-14(5-4-6-15(13)21)17(12)18(2,3)11-20-16(22)9-10-19/h4-8,11,21H,9-10H2,1-3H3/b20-11+. The third-order valence-electron chi connectivity index (χ3n) is 3.73. The quantitative estimate of drug-likeness (QED) is 0.673. The Morgan fingerprint density at radius 3 is 2.68 bits per heavy atom. The van der Waals surface area contributed by atoms with Gasteiger partial charge in [0.15, 0.2) is 0 Å². The van der Waals surface area contributed by atoms with Crippen LogP contribution in [0.4, 0.5) is 0 Å². The Bertz CT molecular complexity index is 735. The van der Waals surface area contributed by atoms with Crippen molar-refractivity contribution in [2.45, 2.75) is 32.6 Å². The second kappa shape index (κ2) is 6.49. The van der Waals surface area contributed by atoms with Gasteiger partial charge in [0.05, 0.1) is 0 Å². The summed E-state index contributed by atoms with van der Waals surface area (Å²) in [6.07, 6.45) is 1.91. The molecule has 0 saturated carbocycles. The molecule has 0 aliphatic heterocycles. The van der Waals surface area contributed by atoms with Crippen LogP contribution in [0.3, 0.4) is 0 Å². The lowest BCUT2D eigenvalue weighted by atomic mass is 9.80. The largest absolute Gasteiger partial charge is 0.507 e. The topological polar surface area (TPSA) is 49.7 Å². The van der Waals surface area contributed by atoms with Gasteiger partial charge in [-0.2, -0.15) is 0 Å². The number of aliphatic imine (C=N–C) groups is 1. The lowest BCUT2D eigenvalue weighted by Crippen LogP contribution is -2.21. The summed E-state index contributed by atoms with van der Waals surface area (Å²) < 4.78 is 0. The van der Waals surface area contributed by atoms with Crippen molar-refractivity contribution in [1.82, 2.24) is 0 Å². The van der Waals surface area contributed by atoms with Crippen molar-refractivity contribution >= 4 is 34.5 Å². The maximum Gasteiger partial charge on any atom is 0.246 e. The van der Waals surface area contributed by atoms with Crippen LogP contribution >= 0.6 is 11.6 Å². The van der Waals surface area contributed by atoms with Gasteiger partial charge in [-0.15, -0.1) is 11.6 Å². The summed E-state index contributed by atoms with van der Waals surface area (Å²) in [5.74, 6) is 0.311. The molecule has 0 spiro atoms. The number of carbonyl (C=O) groups excluding carboxylic acids is 1. The molecular formula is C18H20ClNO2. The zero-order chi connectivity index (χ0) is 16.3. The molecule has 1 amide bonds. The van der Waals surface area contributed by atoms with Crippen LogP contribution in [0.25, 0.3) is 10.8 Å². The first kappa shape index (κ1) is 16.5. The number of rotatable bonds is 4. The number of phenolic OH excluding ortho intramolecular Hbond substituents is 1. The van der Waals surface area contributed by atoms with Crippen molar-refractivity contribution < 1.29 is 9.90 Å². The maximum atomic E-state index is 11.6. The second-order valence-electron chi connectivity index (χ2n) is 5.94. The zero-order valence-corrected chi connectivity index (χ0v) is 13.8. The lowest BCUT2D eigenvalue weighted by molar-refractivity contribution is -0.117. The van der Waals surface area contributed by atoms with E-state index in [1.165, 1.54) is 0 Å². The van der Waals surface area contributed by atoms with E-state index in [4.69, 9.17) is 11.6 Å². The second-order valence-corrected chi connectivity index (χ2v) is 6.32. The minimum atomic E-state index is -0.431. The van der Waals surface area contributed by atoms with Gasteiger partial charge in [0.2, 0.25) is 5.91 Å². The van der Waals surface area contributed by atoms with Crippen LogP contribution in [0.1, 0.15) is 31.4 Å². The molecule has 116 valence electrons. The van der Waals surface area contributed by atoms with Gasteiger partial charge in [-0.3, -0.25) is 4.79 Å². The third-order valence-corrected chi connectivity index (χ3v) is 3.92. The van der Waals surface area contributed by atoms with E-state index in [-0.39, 0.29) is 24.0 Å². The Balaban J connectivity index is 2.55. The van der Waals surface area contributed by atoms with E-state index >= 15 is 0 Å². The summed E-state index contributed by atoms with van der Waals surface area (Å²) in [6, 6.07) is 9.37. The van der Waals surface area contributed by atoms with Crippen molar-refractivity contribution in [3.05, 3.63) is 41.5 Å². The van der Waals surface area contributed by atoms with Gasteiger partial charge < -0.3 is 5.11 Å². The molecule has 2 aromatic rings. The van der Waals surface area contributed by atoms with E-state index in [9.17, 15) is 9.90 Å². The Kier molecular flexibility index (Phi) is 4.87. The number of nitrogens with zero attached hydrogens (tertiary/aromatic N) is 1. The van der Waals surface area contributed by atoms with E-state index in [0.29, 0.717) is 0 Å². The molecule has 0 aliphatic rings. The molecule has 4 heteroatoms. The highest BCUT2D eigenvalue weighted by atomic mass is 35.5. The molecule has 2 rings (SSSR count). The van der Waals surface area contributed by atoms with Gasteiger partial charge >= 0.3 is 0 Å². The number of amides is 1. The zero-order valence-electron chi connectivity index (χ0n) is 13.1. The molecule has 0 aromatic heterocycles. The number of benzene rings is 2. The minimum absolute atomic E-state index is 0.219. The number of halogens is 1. The van der Waals surface area contributed by atoms with Crippen LogP contribution in [0, 0.1) is 6.92 Å². The monoisotopic (exact) mass is 317 g/mol. The molecule has 0 radical (unpaired) electrons. The molecule has 22 heavy (non-hydrogen) atoms. The number of aryl methyl sites for hydroxylation is 1. The molecule has 0 fully saturated rings. The predicted molar refractivity (Wildman–Crippen MR) is 92.2 cm³/mol. The normalized spacial score (nSPS) is 12.2. The summed E-state index contributed by atoms with van der Waals surface area (Å²) in [5.41, 5.74) is 1.72. The van der Waals surface area contributed by atoms with Crippen LogP contribution in [0.15, 0.2) is 35.3 Å². The molecule has 0 saturated heterocycles. The number of hydrogen-bond donors (Lipinski definition) is 1. The Hall–Kier alpha value is -1.87. The Morgan fingerprint density at radius 2 is 2.00 bits per heavy atom. The number of carbonyl (C=O) groups is 1. The van der Waals surface area contributed by atoms with E-state index in [0.717, 1.165) is 21.9 Å². The van der Waals surface area contributed by atoms with Crippen molar-refractivity contribution in [2.75, 3.05) is 5.88 Å². The van der Waals surface area contributed by atoms with Crippen molar-refractivity contribution in [2.24, 2.45) is 4.99 Å². The minimum Gasteiger partial charge on any atom is -0.507 e. The van der Waals surface area contributed by atoms with Gasteiger partial charge in [-0.05, 0) is 29.5 Å². The molecule has 1 N–H and O–H groups in total. The summed E-state index contributed by atoms with van der Waals surface area (Å²) in [6.45, 7) is 6.04. The van der Waals surface area contributed by atoms with E-state index in [1.807, 2.05) is 45.0 Å². The van der Waals surface area contributed by atoms with Crippen LogP contribution in [-0.2, 0) is 10.2 Å². The average molecular weight is 318 g/mol. The van der Waals surface area contributed by atoms with Crippen LogP contribution in [0.5, 0.6) is 5.75 Å². The molecule has 0 aliphatic carbocycles. The molecular weight excluding hydrogens is 298 g/mol. The fourth-order valence-electron chi connectivity index (χ4n) is 2.75. The SMILES string of the molecule is Cc1ccc2c(O)cccc2c1C(C)(C)/C=N/C(=O)CCCl. The summed E-state index contributed by atoms with van der Waals surface area (Å²) in [4.78, 5) is 15.6. The smallest absolute Gasteiger partial charge is 0.246 e. The number of aromatic hydroxyl groups is 1. The van der Waals surface area contributed by atoms with Gasteiger partial charge in [0.1, 0.15) is 5.75 Å². The molecule has 0 heterocycles. The van der Waals surface area contributed by atoms with Crippen LogP contribution in [0.2, 0.25) is 0 Å². The highest BCUT2D eigenvalue weighted by Crippen LogP contribution is 2.35. The van der Waals surface area contributed by atoms with Gasteiger partial charge in [0, 0.05) is 29.3 Å². The molecule has 2 aromatic carbocycles. The van der Waals surface area contributed by atoms with Crippen molar-refractivity contribution in [3.63, 3.8) is 0 Å². The fraction of sp³-hybridized carbons (Fsp3) is 0.333. The van der Waals surface area contributed by atoms with Crippen molar-refractivity contribution in [3.8, 4) is 5.75 Å². The molecule has 0 atom stereocenters. The summed E-state index contributed by atoms with van der Waals surface area (Å²) in [7, 11) is 0. The number of alkyl halides is 1. The van der Waals surface area contributed by atoms with Crippen molar-refractivity contribution in [1.29, 1.82) is 0 Å². The first-order valence-electron chi connectivity index (χ1n) is 7.22. The predicted octanol–water partition coefficient (Wildman–Crippen LogP) is 4.36. The van der Waals surface area contributed by atoms with Crippen LogP contribution < -0.4 is 0 Å². The maximum absolute atomic E-state index is 11.6. The molecule has 0 unspecified atom stereocenters. The third kappa shape index (κ3) is 3.30. The Morgan fingerprint density at radius 1 is 1.27 bits per heavy atom. The summed E-state index contributed by atoms with van der Waals surface area (Å²) >= 11 is 5.56. The van der Waals surface area contributed by atoms with E-state index in [2.05, 4.69) is 4.99 Å². The Labute approximate surface area is 135 Å². The number of fused-ring (bicyclic) bond motifs is 1. The number of phenols is 1. The first-order valence-corrected chi connectivity index (χ1v) is 7.76. The van der Waals surface area contributed by atoms with Crippen LogP contribution in [-0.4, -0.2) is 23.1 Å². The molecule has 0 bridgehead atoms. The summed E-state index contributed by atoms with van der Waals surface area (Å²) in [5, 5.41) is 11.8. The van der Waals surface area contributed by atoms with Gasteiger partial charge in [-0.25, -0.2) is 4.99 Å². The lowest BCUT2D eigenvalue weighted by Gasteiger charge is -2.24. The van der Waals surface area contributed by atoms with Gasteiger partial charge in [0.25, 0.3) is 0 Å². The average Bonchev–Trinajstić information content (AvgIpc) is 2.45. The highest BCUT2D eigenvalue weighted by molar-refractivity contribution is 6.19. The fourth-order valence-corrected chi connectivity index (χ4v) is 2.91. The highest BCUT2D eigenvalue weighted by Gasteiger charge is 2.23. The van der Waals surface area contributed by atoms with E-state index in [1.54, 1.807) is 12.3 Å². The first-order chi connectivity index (χ1) is 10.4. The number of hydrogen-bond acceptors (Lipinski definition) is 2. The van der Waals surface area contributed by atoms with E-state index < -0.39 is 5.41 Å².